The van der Waals surface area contributed by atoms with Crippen LogP contribution in [0, 0.1) is 6.92 Å². The lowest BCUT2D eigenvalue weighted by Gasteiger charge is -2.23. The maximum absolute atomic E-state index is 15.5. The van der Waals surface area contributed by atoms with Gasteiger partial charge in [-0.1, -0.05) is 29.8 Å². The Morgan fingerprint density at radius 1 is 1.05 bits per heavy atom. The number of hydrogen-bond acceptors (Lipinski definition) is 4. The predicted octanol–water partition coefficient (Wildman–Crippen LogP) is 5.64. The number of aryl methyl sites for hydroxylation is 1. The Labute approximate surface area is 239 Å². The molecule has 0 atom stereocenters. The molecule has 1 aliphatic rings. The zero-order valence-electron chi connectivity index (χ0n) is 21.8. The van der Waals surface area contributed by atoms with Crippen LogP contribution in [-0.2, 0) is 4.79 Å². The summed E-state index contributed by atoms with van der Waals surface area (Å²) in [6.07, 6.45) is 1.88. The van der Waals surface area contributed by atoms with Crippen LogP contribution in [0.3, 0.4) is 0 Å². The van der Waals surface area contributed by atoms with E-state index in [1.807, 2.05) is 13.0 Å². The number of aromatic nitrogens is 2. The average Bonchev–Trinajstić information content (AvgIpc) is 3.34. The maximum Gasteiger partial charge on any atom is 0.275 e. The van der Waals surface area contributed by atoms with Crippen molar-refractivity contribution < 1.29 is 23.2 Å². The van der Waals surface area contributed by atoms with E-state index in [4.69, 9.17) is 17.3 Å². The summed E-state index contributed by atoms with van der Waals surface area (Å²) in [6, 6.07) is 18.5. The number of rotatable bonds is 5. The minimum atomic E-state index is -3.43. The molecule has 4 aromatic rings. The van der Waals surface area contributed by atoms with Gasteiger partial charge in [0.2, 0.25) is 11.8 Å². The number of amides is 3. The van der Waals surface area contributed by atoms with E-state index in [1.54, 1.807) is 41.2 Å². The molecule has 208 valence electrons. The van der Waals surface area contributed by atoms with E-state index in [0.717, 1.165) is 11.8 Å². The molecule has 0 spiro atoms. The van der Waals surface area contributed by atoms with Gasteiger partial charge in [0.15, 0.2) is 0 Å². The molecule has 3 amide bonds. The molecule has 0 bridgehead atoms. The summed E-state index contributed by atoms with van der Waals surface area (Å²) in [5.74, 6) is -5.41. The van der Waals surface area contributed by atoms with Gasteiger partial charge in [0.25, 0.3) is 11.8 Å². The highest BCUT2D eigenvalue weighted by Gasteiger charge is 2.41. The Bertz CT molecular complexity index is 1700. The Balaban J connectivity index is 1.47. The van der Waals surface area contributed by atoms with Crippen molar-refractivity contribution >= 4 is 46.3 Å². The van der Waals surface area contributed by atoms with Crippen molar-refractivity contribution in [1.82, 2.24) is 9.78 Å². The molecule has 3 N–H and O–H groups in total. The molecular weight excluding hydrogens is 552 g/mol. The number of nitrogens with one attached hydrogen (secondary N) is 1. The zero-order valence-corrected chi connectivity index (χ0v) is 22.5. The largest absolute Gasteiger partial charge is 0.366 e. The van der Waals surface area contributed by atoms with E-state index in [-0.39, 0.29) is 33.9 Å². The molecule has 8 nitrogen and oxygen atoms in total. The second-order valence-corrected chi connectivity index (χ2v) is 9.89. The van der Waals surface area contributed by atoms with E-state index < -0.39 is 35.6 Å². The molecule has 0 saturated heterocycles. The Kier molecular flexibility index (Phi) is 7.42. The van der Waals surface area contributed by atoms with E-state index in [9.17, 15) is 14.4 Å². The second kappa shape index (κ2) is 11.0. The number of alkyl halides is 2. The number of nitrogens with two attached hydrogens (primary N) is 1. The van der Waals surface area contributed by atoms with Crippen molar-refractivity contribution in [2.45, 2.75) is 19.3 Å². The number of anilines is 2. The predicted molar refractivity (Wildman–Crippen MR) is 153 cm³/mol. The lowest BCUT2D eigenvalue weighted by molar-refractivity contribution is -0.112. The summed E-state index contributed by atoms with van der Waals surface area (Å²) < 4.78 is 32.7. The van der Waals surface area contributed by atoms with Crippen LogP contribution in [0.2, 0.25) is 5.02 Å². The molecule has 11 heteroatoms. The monoisotopic (exact) mass is 575 g/mol. The molecule has 0 saturated carbocycles. The minimum absolute atomic E-state index is 0.0438. The lowest BCUT2D eigenvalue weighted by Crippen LogP contribution is -2.33. The van der Waals surface area contributed by atoms with Gasteiger partial charge in [-0.3, -0.25) is 14.4 Å². The fourth-order valence-corrected chi connectivity index (χ4v) is 4.84. The number of allylic oxidation sites excluding steroid dienone is 1. The molecule has 3 aromatic carbocycles. The van der Waals surface area contributed by atoms with Crippen LogP contribution < -0.4 is 16.0 Å². The molecule has 0 fully saturated rings. The first-order valence-corrected chi connectivity index (χ1v) is 13.0. The van der Waals surface area contributed by atoms with E-state index in [0.29, 0.717) is 11.4 Å². The third-order valence-electron chi connectivity index (χ3n) is 6.66. The Morgan fingerprint density at radius 2 is 1.78 bits per heavy atom. The Morgan fingerprint density at radius 3 is 2.44 bits per heavy atom. The first-order valence-electron chi connectivity index (χ1n) is 12.6. The van der Waals surface area contributed by atoms with Crippen molar-refractivity contribution in [2.75, 3.05) is 16.8 Å². The normalized spacial score (nSPS) is 15.2. The molecule has 0 unspecified atom stereocenters. The van der Waals surface area contributed by atoms with Gasteiger partial charge >= 0.3 is 0 Å². The highest BCUT2D eigenvalue weighted by Crippen LogP contribution is 2.43. The third-order valence-corrected chi connectivity index (χ3v) is 6.97. The van der Waals surface area contributed by atoms with Crippen molar-refractivity contribution in [2.24, 2.45) is 5.73 Å². The number of nitrogens with zero attached hydrogens (tertiary/aromatic N) is 3. The molecule has 0 aliphatic carbocycles. The lowest BCUT2D eigenvalue weighted by atomic mass is 9.97. The SMILES string of the molecule is Cc1ccn(-c2ccc(C(=O)N3CCC(F)(F)C(=CC(=O)Nc4ccc(C(N)=O)cc4)c4ccccc43)c(Cl)c2)n1. The number of benzene rings is 3. The summed E-state index contributed by atoms with van der Waals surface area (Å²) >= 11 is 6.50. The van der Waals surface area contributed by atoms with Gasteiger partial charge in [-0.25, -0.2) is 13.5 Å². The molecule has 41 heavy (non-hydrogen) atoms. The molecule has 5 rings (SSSR count). The molecule has 1 aromatic heterocycles. The van der Waals surface area contributed by atoms with E-state index >= 15 is 8.78 Å². The van der Waals surface area contributed by atoms with E-state index in [2.05, 4.69) is 10.4 Å². The number of hydrogen-bond donors (Lipinski definition) is 2. The molecule has 0 radical (unpaired) electrons. The van der Waals surface area contributed by atoms with Crippen LogP contribution in [0.4, 0.5) is 20.2 Å². The van der Waals surface area contributed by atoms with Crippen molar-refractivity contribution in [3.05, 3.63) is 112 Å². The van der Waals surface area contributed by atoms with Gasteiger partial charge in [-0.2, -0.15) is 5.10 Å². The van der Waals surface area contributed by atoms with Gasteiger partial charge in [0.05, 0.1) is 27.7 Å². The van der Waals surface area contributed by atoms with Gasteiger partial charge in [-0.15, -0.1) is 0 Å². The minimum Gasteiger partial charge on any atom is -0.366 e. The highest BCUT2D eigenvalue weighted by atomic mass is 35.5. The van der Waals surface area contributed by atoms with Crippen molar-refractivity contribution in [3.8, 4) is 5.69 Å². The fraction of sp³-hybridized carbons (Fsp3) is 0.133. The summed E-state index contributed by atoms with van der Waals surface area (Å²) in [5, 5.41) is 7.01. The number of para-hydroxylation sites is 1. The van der Waals surface area contributed by atoms with Crippen molar-refractivity contribution in [3.63, 3.8) is 0 Å². The van der Waals surface area contributed by atoms with Crippen LogP contribution in [-0.4, -0.2) is 40.0 Å². The van der Waals surface area contributed by atoms with Gasteiger partial charge in [0, 0.05) is 47.6 Å². The van der Waals surface area contributed by atoms with Crippen LogP contribution >= 0.6 is 11.6 Å². The molecule has 1 aliphatic heterocycles. The number of halogens is 3. The van der Waals surface area contributed by atoms with Gasteiger partial charge in [0.1, 0.15) is 0 Å². The maximum atomic E-state index is 15.5. The van der Waals surface area contributed by atoms with Crippen LogP contribution in [0.1, 0.15) is 38.4 Å². The molecule has 2 heterocycles. The summed E-state index contributed by atoms with van der Waals surface area (Å²) in [7, 11) is 0. The zero-order chi connectivity index (χ0) is 29.3. The Hall–Kier alpha value is -4.83. The van der Waals surface area contributed by atoms with Crippen LogP contribution in [0.25, 0.3) is 11.3 Å². The van der Waals surface area contributed by atoms with Crippen LogP contribution in [0.5, 0.6) is 0 Å². The number of carbonyl (C=O) groups is 3. The number of carbonyl (C=O) groups excluding carboxylic acids is 3. The highest BCUT2D eigenvalue weighted by molar-refractivity contribution is 6.34. The van der Waals surface area contributed by atoms with E-state index in [1.165, 1.54) is 41.3 Å². The quantitative estimate of drug-likeness (QED) is 0.300. The topological polar surface area (TPSA) is 110 Å². The standard InChI is InChI=1S/C30H24ClF2N5O3/c1-18-12-14-38(36-18)21-10-11-23(25(31)16-21)29(41)37-15-13-30(32,33)24(22-4-2-3-5-26(22)37)17-27(39)35-20-8-6-19(7-9-20)28(34)40/h2-12,14,16-17H,13,15H2,1H3,(H2,34,40)(H,35,39). The average molecular weight is 576 g/mol. The van der Waals surface area contributed by atoms with Gasteiger partial charge < -0.3 is 16.0 Å². The molecular formula is C30H24ClF2N5O3. The fourth-order valence-electron chi connectivity index (χ4n) is 4.59. The first-order chi connectivity index (χ1) is 19.5. The van der Waals surface area contributed by atoms with Crippen LogP contribution in [0.15, 0.2) is 85.1 Å². The first kappa shape index (κ1) is 27.7. The smallest absolute Gasteiger partial charge is 0.275 e. The summed E-state index contributed by atoms with van der Waals surface area (Å²) in [4.78, 5) is 39.0. The summed E-state index contributed by atoms with van der Waals surface area (Å²) in [6.45, 7) is 1.53. The summed E-state index contributed by atoms with van der Waals surface area (Å²) in [5.41, 5.74) is 7.10. The van der Waals surface area contributed by atoms with Gasteiger partial charge in [-0.05, 0) is 61.5 Å². The second-order valence-electron chi connectivity index (χ2n) is 9.48. The van der Waals surface area contributed by atoms with Crippen molar-refractivity contribution in [1.29, 1.82) is 0 Å². The third kappa shape index (κ3) is 5.73. The number of fused-ring (bicyclic) bond motifs is 1. The number of primary amides is 1.